The highest BCUT2D eigenvalue weighted by Crippen LogP contribution is 2.29. The lowest BCUT2D eigenvalue weighted by Gasteiger charge is -2.20. The minimum Gasteiger partial charge on any atom is -0.397 e. The number of nitrogens with two attached hydrogens (primary N) is 1. The average Bonchev–Trinajstić information content (AvgIpc) is 2.18. The molecule has 1 rings (SSSR count). The van der Waals surface area contributed by atoms with Crippen LogP contribution in [-0.4, -0.2) is 19.1 Å². The highest BCUT2D eigenvalue weighted by Gasteiger charge is 2.42. The van der Waals surface area contributed by atoms with Gasteiger partial charge in [0.05, 0.1) is 11.4 Å². The number of nitrogen functional groups attached to an aromatic ring is 1. The van der Waals surface area contributed by atoms with Gasteiger partial charge < -0.3 is 10.6 Å². The number of carbonyl (C=O) groups excluding carboxylic acids is 1. The Morgan fingerprint density at radius 1 is 1.44 bits per heavy atom. The standard InChI is InChI=1S/C9H8ClF3N2O/c1-15(8(16)9(11,12)13)7-4-5(10)2-3-6(7)14/h2-4H,14H2,1H3. The number of carbonyl (C=O) groups is 1. The molecule has 0 spiro atoms. The van der Waals surface area contributed by atoms with Gasteiger partial charge in [-0.25, -0.2) is 0 Å². The summed E-state index contributed by atoms with van der Waals surface area (Å²) in [6.45, 7) is 0. The molecule has 7 heteroatoms. The summed E-state index contributed by atoms with van der Waals surface area (Å²) in [6, 6.07) is 3.95. The maximum absolute atomic E-state index is 12.2. The third-order valence-corrected chi connectivity index (χ3v) is 2.14. The molecule has 0 saturated heterocycles. The van der Waals surface area contributed by atoms with Gasteiger partial charge in [0.25, 0.3) is 0 Å². The lowest BCUT2D eigenvalue weighted by atomic mass is 10.2. The lowest BCUT2D eigenvalue weighted by Crippen LogP contribution is -2.38. The lowest BCUT2D eigenvalue weighted by molar-refractivity contribution is -0.170. The number of hydrogen-bond donors (Lipinski definition) is 1. The van der Waals surface area contributed by atoms with E-state index in [9.17, 15) is 18.0 Å². The molecule has 0 saturated carbocycles. The fourth-order valence-corrected chi connectivity index (χ4v) is 1.27. The van der Waals surface area contributed by atoms with E-state index in [0.29, 0.717) is 4.90 Å². The Hall–Kier alpha value is -1.43. The summed E-state index contributed by atoms with van der Waals surface area (Å²) in [4.78, 5) is 11.3. The van der Waals surface area contributed by atoms with Crippen molar-refractivity contribution in [3.8, 4) is 0 Å². The number of nitrogens with zero attached hydrogens (tertiary/aromatic N) is 1. The Morgan fingerprint density at radius 2 is 2.00 bits per heavy atom. The minimum atomic E-state index is -4.94. The zero-order valence-corrected chi connectivity index (χ0v) is 8.93. The molecule has 1 aromatic rings. The molecule has 3 nitrogen and oxygen atoms in total. The van der Waals surface area contributed by atoms with E-state index in [1.807, 2.05) is 0 Å². The zero-order valence-electron chi connectivity index (χ0n) is 8.18. The van der Waals surface area contributed by atoms with Gasteiger partial charge in [-0.05, 0) is 18.2 Å². The molecule has 0 aromatic heterocycles. The quantitative estimate of drug-likeness (QED) is 0.781. The van der Waals surface area contributed by atoms with E-state index in [0.717, 1.165) is 7.05 Å². The van der Waals surface area contributed by atoms with Gasteiger partial charge in [-0.15, -0.1) is 0 Å². The van der Waals surface area contributed by atoms with Crippen molar-refractivity contribution in [1.29, 1.82) is 0 Å². The average molecular weight is 253 g/mol. The summed E-state index contributed by atoms with van der Waals surface area (Å²) >= 11 is 5.61. The molecule has 1 amide bonds. The fraction of sp³-hybridized carbons (Fsp3) is 0.222. The van der Waals surface area contributed by atoms with E-state index < -0.39 is 12.1 Å². The normalized spacial score (nSPS) is 11.3. The molecule has 0 atom stereocenters. The van der Waals surface area contributed by atoms with Crippen LogP contribution in [0.4, 0.5) is 24.5 Å². The fourth-order valence-electron chi connectivity index (χ4n) is 1.11. The molecule has 0 aliphatic rings. The summed E-state index contributed by atoms with van der Waals surface area (Å²) in [5.74, 6) is -2.00. The molecular weight excluding hydrogens is 245 g/mol. The van der Waals surface area contributed by atoms with Gasteiger partial charge in [0.2, 0.25) is 0 Å². The first-order valence-electron chi connectivity index (χ1n) is 4.13. The molecule has 0 unspecified atom stereocenters. The molecule has 0 heterocycles. The van der Waals surface area contributed by atoms with Crippen molar-refractivity contribution >= 4 is 28.9 Å². The van der Waals surface area contributed by atoms with Crippen molar-refractivity contribution in [3.63, 3.8) is 0 Å². The second-order valence-corrected chi connectivity index (χ2v) is 3.50. The van der Waals surface area contributed by atoms with Crippen molar-refractivity contribution in [3.05, 3.63) is 23.2 Å². The minimum absolute atomic E-state index is 0.0458. The van der Waals surface area contributed by atoms with Crippen LogP contribution in [0.25, 0.3) is 0 Å². The molecule has 2 N–H and O–H groups in total. The predicted octanol–water partition coefficient (Wildman–Crippen LogP) is 2.45. The highest BCUT2D eigenvalue weighted by molar-refractivity contribution is 6.31. The number of benzene rings is 1. The number of alkyl halides is 3. The van der Waals surface area contributed by atoms with Gasteiger partial charge in [0.15, 0.2) is 0 Å². The summed E-state index contributed by atoms with van der Waals surface area (Å²) in [5, 5.41) is 0.200. The Labute approximate surface area is 94.6 Å². The van der Waals surface area contributed by atoms with Gasteiger partial charge in [0.1, 0.15) is 0 Å². The van der Waals surface area contributed by atoms with E-state index in [2.05, 4.69) is 0 Å². The molecule has 0 radical (unpaired) electrons. The van der Waals surface area contributed by atoms with Gasteiger partial charge >= 0.3 is 12.1 Å². The van der Waals surface area contributed by atoms with Crippen LogP contribution >= 0.6 is 11.6 Å². The monoisotopic (exact) mass is 252 g/mol. The topological polar surface area (TPSA) is 46.3 Å². The van der Waals surface area contributed by atoms with Crippen molar-refractivity contribution in [2.45, 2.75) is 6.18 Å². The molecule has 16 heavy (non-hydrogen) atoms. The van der Waals surface area contributed by atoms with Crippen molar-refractivity contribution in [2.75, 3.05) is 17.7 Å². The summed E-state index contributed by atoms with van der Waals surface area (Å²) in [6.07, 6.45) is -4.94. The van der Waals surface area contributed by atoms with Crippen LogP contribution in [0.1, 0.15) is 0 Å². The zero-order chi connectivity index (χ0) is 12.5. The van der Waals surface area contributed by atoms with Crippen molar-refractivity contribution < 1.29 is 18.0 Å². The first kappa shape index (κ1) is 12.6. The van der Waals surface area contributed by atoms with E-state index in [4.69, 9.17) is 17.3 Å². The smallest absolute Gasteiger partial charge is 0.397 e. The molecule has 88 valence electrons. The van der Waals surface area contributed by atoms with Crippen LogP contribution in [0.15, 0.2) is 18.2 Å². The summed E-state index contributed by atoms with van der Waals surface area (Å²) < 4.78 is 36.5. The van der Waals surface area contributed by atoms with Crippen LogP contribution in [0.2, 0.25) is 5.02 Å². The van der Waals surface area contributed by atoms with Crippen LogP contribution in [0, 0.1) is 0 Å². The number of rotatable bonds is 1. The van der Waals surface area contributed by atoms with E-state index in [1.165, 1.54) is 18.2 Å². The van der Waals surface area contributed by atoms with Gasteiger partial charge in [-0.3, -0.25) is 4.79 Å². The Kier molecular flexibility index (Phi) is 3.32. The maximum atomic E-state index is 12.2. The van der Waals surface area contributed by atoms with E-state index in [-0.39, 0.29) is 16.4 Å². The molecule has 1 aromatic carbocycles. The van der Waals surface area contributed by atoms with Crippen LogP contribution in [0.3, 0.4) is 0 Å². The Balaban J connectivity index is 3.10. The van der Waals surface area contributed by atoms with Gasteiger partial charge in [0, 0.05) is 12.1 Å². The molecule has 0 aliphatic heterocycles. The number of anilines is 2. The number of halogens is 4. The molecule has 0 bridgehead atoms. The highest BCUT2D eigenvalue weighted by atomic mass is 35.5. The predicted molar refractivity (Wildman–Crippen MR) is 55.3 cm³/mol. The van der Waals surface area contributed by atoms with Crippen molar-refractivity contribution in [1.82, 2.24) is 0 Å². The second-order valence-electron chi connectivity index (χ2n) is 3.07. The molecule has 0 aliphatic carbocycles. The maximum Gasteiger partial charge on any atom is 0.471 e. The Bertz CT molecular complexity index is 420. The second kappa shape index (κ2) is 4.21. The summed E-state index contributed by atoms with van der Waals surface area (Å²) in [5.41, 5.74) is 5.42. The number of amides is 1. The van der Waals surface area contributed by atoms with Crippen LogP contribution in [0.5, 0.6) is 0 Å². The van der Waals surface area contributed by atoms with E-state index >= 15 is 0 Å². The third-order valence-electron chi connectivity index (χ3n) is 1.90. The van der Waals surface area contributed by atoms with Gasteiger partial charge in [-0.1, -0.05) is 11.6 Å². The largest absolute Gasteiger partial charge is 0.471 e. The number of hydrogen-bond acceptors (Lipinski definition) is 2. The first-order valence-corrected chi connectivity index (χ1v) is 4.51. The van der Waals surface area contributed by atoms with Gasteiger partial charge in [-0.2, -0.15) is 13.2 Å². The third kappa shape index (κ3) is 2.57. The van der Waals surface area contributed by atoms with Crippen molar-refractivity contribution in [2.24, 2.45) is 0 Å². The molecular formula is C9H8ClF3N2O. The molecule has 0 fully saturated rings. The SMILES string of the molecule is CN(C(=O)C(F)(F)F)c1cc(Cl)ccc1N. The van der Waals surface area contributed by atoms with E-state index in [1.54, 1.807) is 0 Å². The Morgan fingerprint density at radius 3 is 2.50 bits per heavy atom. The summed E-state index contributed by atoms with van der Waals surface area (Å²) in [7, 11) is 0.984. The van der Waals surface area contributed by atoms with Crippen LogP contribution < -0.4 is 10.6 Å². The first-order chi connectivity index (χ1) is 7.23. The van der Waals surface area contributed by atoms with Crippen LogP contribution in [-0.2, 0) is 4.79 Å².